The van der Waals surface area contributed by atoms with Gasteiger partial charge in [0.05, 0.1) is 6.54 Å². The second-order valence-electron chi connectivity index (χ2n) is 4.77. The Morgan fingerprint density at radius 2 is 2.17 bits per heavy atom. The summed E-state index contributed by atoms with van der Waals surface area (Å²) in [4.78, 5) is 4.15. The molecule has 8 heteroatoms. The molecule has 2 rings (SSSR count). The van der Waals surface area contributed by atoms with Crippen LogP contribution in [-0.4, -0.2) is 34.3 Å². The first-order valence-corrected chi connectivity index (χ1v) is 7.28. The maximum absolute atomic E-state index is 13.1. The highest BCUT2D eigenvalue weighted by atomic mass is 127. The minimum atomic E-state index is -0.209. The van der Waals surface area contributed by atoms with Gasteiger partial charge in [0.25, 0.3) is 0 Å². The van der Waals surface area contributed by atoms with Crippen LogP contribution in [0.5, 0.6) is 0 Å². The van der Waals surface area contributed by atoms with Crippen molar-refractivity contribution in [2.45, 2.75) is 26.4 Å². The average molecular weight is 432 g/mol. The van der Waals surface area contributed by atoms with Crippen molar-refractivity contribution in [3.8, 4) is 0 Å². The summed E-state index contributed by atoms with van der Waals surface area (Å²) in [5.41, 5.74) is 0.952. The van der Waals surface area contributed by atoms with Gasteiger partial charge in [0.15, 0.2) is 11.8 Å². The lowest BCUT2D eigenvalue weighted by atomic mass is 10.1. The van der Waals surface area contributed by atoms with Crippen LogP contribution in [0.25, 0.3) is 0 Å². The molecule has 0 aliphatic heterocycles. The molecule has 0 spiro atoms. The molecule has 2 aromatic rings. The van der Waals surface area contributed by atoms with E-state index < -0.39 is 0 Å². The molecule has 6 nitrogen and oxygen atoms in total. The van der Waals surface area contributed by atoms with E-state index in [1.165, 1.54) is 6.07 Å². The summed E-state index contributed by atoms with van der Waals surface area (Å²) >= 11 is 0. The molecule has 0 saturated heterocycles. The first kappa shape index (κ1) is 19.3. The van der Waals surface area contributed by atoms with Crippen molar-refractivity contribution in [3.63, 3.8) is 0 Å². The highest BCUT2D eigenvalue weighted by molar-refractivity contribution is 14.0. The predicted octanol–water partition coefficient (Wildman–Crippen LogP) is 1.96. The van der Waals surface area contributed by atoms with Gasteiger partial charge in [0.2, 0.25) is 0 Å². The van der Waals surface area contributed by atoms with Crippen molar-refractivity contribution < 1.29 is 4.39 Å². The minimum Gasteiger partial charge on any atom is -0.356 e. The van der Waals surface area contributed by atoms with E-state index in [9.17, 15) is 4.39 Å². The summed E-state index contributed by atoms with van der Waals surface area (Å²) in [6.07, 6.45) is 2.43. The van der Waals surface area contributed by atoms with Gasteiger partial charge >= 0.3 is 0 Å². The summed E-state index contributed by atoms with van der Waals surface area (Å²) in [5, 5.41) is 14.3. The normalized spacial score (nSPS) is 11.0. The Balaban J connectivity index is 0.00000264. The molecule has 0 aliphatic rings. The van der Waals surface area contributed by atoms with Crippen LogP contribution in [0.1, 0.15) is 18.3 Å². The molecule has 1 aromatic carbocycles. The van der Waals surface area contributed by atoms with Gasteiger partial charge in [-0.25, -0.2) is 4.39 Å². The van der Waals surface area contributed by atoms with Crippen LogP contribution >= 0.6 is 24.0 Å². The number of benzene rings is 1. The Labute approximate surface area is 152 Å². The van der Waals surface area contributed by atoms with Gasteiger partial charge < -0.3 is 15.2 Å². The average Bonchev–Trinajstić information content (AvgIpc) is 2.98. The third-order valence-corrected chi connectivity index (χ3v) is 3.27. The largest absolute Gasteiger partial charge is 0.356 e. The maximum atomic E-state index is 13.1. The fourth-order valence-electron chi connectivity index (χ4n) is 2.08. The van der Waals surface area contributed by atoms with E-state index in [-0.39, 0.29) is 29.8 Å². The standard InChI is InChI=1S/C15H21FN6.HI/c1-3-22-11-20-21-14(22)10-19-15(17-2)18-8-7-12-5-4-6-13(16)9-12;/h4-6,9,11H,3,7-8,10H2,1-2H3,(H2,17,18,19);1H. The molecule has 2 N–H and O–H groups in total. The van der Waals surface area contributed by atoms with Gasteiger partial charge in [0, 0.05) is 20.1 Å². The van der Waals surface area contributed by atoms with Crippen LogP contribution < -0.4 is 10.6 Å². The molecule has 0 amide bonds. The van der Waals surface area contributed by atoms with Gasteiger partial charge in [-0.2, -0.15) is 0 Å². The molecular formula is C15H22FIN6. The lowest BCUT2D eigenvalue weighted by Gasteiger charge is -2.12. The summed E-state index contributed by atoms with van der Waals surface area (Å²) < 4.78 is 15.1. The molecule has 0 aliphatic carbocycles. The molecule has 0 fully saturated rings. The molecular weight excluding hydrogens is 410 g/mol. The van der Waals surface area contributed by atoms with Crippen LogP contribution in [0.4, 0.5) is 4.39 Å². The molecule has 23 heavy (non-hydrogen) atoms. The van der Waals surface area contributed by atoms with E-state index in [4.69, 9.17) is 0 Å². The Bertz CT molecular complexity index is 628. The van der Waals surface area contributed by atoms with E-state index in [0.717, 1.165) is 24.4 Å². The van der Waals surface area contributed by atoms with Crippen molar-refractivity contribution in [3.05, 3.63) is 47.8 Å². The number of guanidine groups is 1. The summed E-state index contributed by atoms with van der Waals surface area (Å²) in [6.45, 7) is 4.09. The zero-order valence-corrected chi connectivity index (χ0v) is 15.6. The number of hydrogen-bond donors (Lipinski definition) is 2. The molecule has 0 saturated carbocycles. The van der Waals surface area contributed by atoms with E-state index in [0.29, 0.717) is 19.0 Å². The number of aryl methyl sites for hydroxylation is 1. The SMILES string of the molecule is CCn1cnnc1CNC(=NC)NCCc1cccc(F)c1.I. The number of hydrogen-bond acceptors (Lipinski definition) is 3. The Hall–Kier alpha value is -1.71. The molecule has 0 bridgehead atoms. The van der Waals surface area contributed by atoms with Crippen molar-refractivity contribution in [2.24, 2.45) is 4.99 Å². The summed E-state index contributed by atoms with van der Waals surface area (Å²) in [5.74, 6) is 1.33. The van der Waals surface area contributed by atoms with Crippen LogP contribution in [0.2, 0.25) is 0 Å². The van der Waals surface area contributed by atoms with Crippen LogP contribution in [-0.2, 0) is 19.5 Å². The molecule has 1 aromatic heterocycles. The van der Waals surface area contributed by atoms with Crippen LogP contribution in [0, 0.1) is 5.82 Å². The van der Waals surface area contributed by atoms with Crippen molar-refractivity contribution in [1.82, 2.24) is 25.4 Å². The van der Waals surface area contributed by atoms with E-state index >= 15 is 0 Å². The predicted molar refractivity (Wildman–Crippen MR) is 99.4 cm³/mol. The van der Waals surface area contributed by atoms with Gasteiger partial charge in [-0.05, 0) is 31.0 Å². The number of aromatic nitrogens is 3. The fourth-order valence-corrected chi connectivity index (χ4v) is 2.08. The van der Waals surface area contributed by atoms with Crippen LogP contribution in [0.3, 0.4) is 0 Å². The van der Waals surface area contributed by atoms with E-state index in [1.54, 1.807) is 25.5 Å². The zero-order chi connectivity index (χ0) is 15.8. The molecule has 0 unspecified atom stereocenters. The quantitative estimate of drug-likeness (QED) is 0.416. The minimum absolute atomic E-state index is 0. The summed E-state index contributed by atoms with van der Waals surface area (Å²) in [7, 11) is 1.71. The lowest BCUT2D eigenvalue weighted by Crippen LogP contribution is -2.38. The summed E-state index contributed by atoms with van der Waals surface area (Å²) in [6, 6.07) is 6.61. The maximum Gasteiger partial charge on any atom is 0.191 e. The fraction of sp³-hybridized carbons (Fsp3) is 0.400. The Morgan fingerprint density at radius 1 is 1.35 bits per heavy atom. The monoisotopic (exact) mass is 432 g/mol. The number of nitrogens with zero attached hydrogens (tertiary/aromatic N) is 4. The van der Waals surface area contributed by atoms with E-state index in [2.05, 4.69) is 25.8 Å². The lowest BCUT2D eigenvalue weighted by molar-refractivity contribution is 0.624. The van der Waals surface area contributed by atoms with Crippen molar-refractivity contribution in [2.75, 3.05) is 13.6 Å². The number of rotatable bonds is 6. The van der Waals surface area contributed by atoms with Gasteiger partial charge in [0.1, 0.15) is 12.1 Å². The zero-order valence-electron chi connectivity index (χ0n) is 13.3. The molecule has 0 atom stereocenters. The van der Waals surface area contributed by atoms with Gasteiger partial charge in [-0.15, -0.1) is 34.2 Å². The highest BCUT2D eigenvalue weighted by Gasteiger charge is 2.04. The van der Waals surface area contributed by atoms with E-state index in [1.807, 2.05) is 17.6 Å². The molecule has 0 radical (unpaired) electrons. The second-order valence-corrected chi connectivity index (χ2v) is 4.77. The molecule has 1 heterocycles. The Morgan fingerprint density at radius 3 is 2.87 bits per heavy atom. The van der Waals surface area contributed by atoms with Gasteiger partial charge in [-0.1, -0.05) is 12.1 Å². The van der Waals surface area contributed by atoms with Crippen molar-refractivity contribution >= 4 is 29.9 Å². The first-order valence-electron chi connectivity index (χ1n) is 7.28. The van der Waals surface area contributed by atoms with Crippen LogP contribution in [0.15, 0.2) is 35.6 Å². The number of aliphatic imine (C=N–C) groups is 1. The molecule has 126 valence electrons. The topological polar surface area (TPSA) is 67.1 Å². The third kappa shape index (κ3) is 6.12. The Kier molecular flexibility index (Phi) is 8.52. The third-order valence-electron chi connectivity index (χ3n) is 3.27. The number of nitrogens with one attached hydrogen (secondary N) is 2. The first-order chi connectivity index (χ1) is 10.7. The van der Waals surface area contributed by atoms with Crippen molar-refractivity contribution in [1.29, 1.82) is 0 Å². The highest BCUT2D eigenvalue weighted by Crippen LogP contribution is 2.03. The number of halogens is 2. The van der Waals surface area contributed by atoms with Gasteiger partial charge in [-0.3, -0.25) is 4.99 Å². The smallest absolute Gasteiger partial charge is 0.191 e. The second kappa shape index (κ2) is 10.1.